The molecule has 2 aliphatic heterocycles. The van der Waals surface area contributed by atoms with E-state index in [-0.39, 0.29) is 17.9 Å². The zero-order chi connectivity index (χ0) is 18.0. The van der Waals surface area contributed by atoms with Crippen molar-refractivity contribution in [1.82, 2.24) is 14.7 Å². The Labute approximate surface area is 149 Å². The van der Waals surface area contributed by atoms with Gasteiger partial charge >= 0.3 is 0 Å². The van der Waals surface area contributed by atoms with Gasteiger partial charge in [-0.3, -0.25) is 19.4 Å². The topological polar surface area (TPSA) is 69.9 Å². The number of hydrogen-bond donors (Lipinski definition) is 1. The Bertz CT molecular complexity index is 613. The Balaban J connectivity index is 1.68. The second-order valence-corrected chi connectivity index (χ2v) is 7.26. The molecule has 2 N–H and O–H groups in total. The summed E-state index contributed by atoms with van der Waals surface area (Å²) in [5, 5.41) is 0. The van der Waals surface area contributed by atoms with Crippen molar-refractivity contribution >= 4 is 11.8 Å². The van der Waals surface area contributed by atoms with Crippen LogP contribution in [0.25, 0.3) is 0 Å². The number of rotatable bonds is 4. The van der Waals surface area contributed by atoms with Crippen molar-refractivity contribution in [3.05, 3.63) is 35.9 Å². The largest absolute Gasteiger partial charge is 0.368 e. The van der Waals surface area contributed by atoms with E-state index in [0.29, 0.717) is 12.0 Å². The molecule has 0 aliphatic carbocycles. The van der Waals surface area contributed by atoms with E-state index < -0.39 is 0 Å². The fraction of sp³-hybridized carbons (Fsp3) is 0.579. The molecule has 0 aromatic heterocycles. The summed E-state index contributed by atoms with van der Waals surface area (Å²) in [7, 11) is 0. The standard InChI is InChI=1S/C19H28N4O2/c1-14-12-23(18(19(20)25)16-6-4-3-5-7-16)13-17(14)22-10-8-21(9-11-22)15(2)24/h3-7,14,17-18H,8-13H2,1-2H3,(H2,20,25)/t14-,17-,18-/m1/s1. The van der Waals surface area contributed by atoms with Gasteiger partial charge in [-0.15, -0.1) is 0 Å². The highest BCUT2D eigenvalue weighted by Crippen LogP contribution is 2.30. The fourth-order valence-corrected chi connectivity index (χ4v) is 4.23. The molecule has 0 unspecified atom stereocenters. The van der Waals surface area contributed by atoms with Crippen LogP contribution in [-0.2, 0) is 9.59 Å². The molecule has 25 heavy (non-hydrogen) atoms. The Morgan fingerprint density at radius 3 is 2.28 bits per heavy atom. The van der Waals surface area contributed by atoms with Gasteiger partial charge in [-0.2, -0.15) is 0 Å². The smallest absolute Gasteiger partial charge is 0.239 e. The summed E-state index contributed by atoms with van der Waals surface area (Å²) in [4.78, 5) is 30.2. The maximum absolute atomic E-state index is 12.1. The van der Waals surface area contributed by atoms with Crippen LogP contribution in [0.5, 0.6) is 0 Å². The van der Waals surface area contributed by atoms with Gasteiger partial charge in [0.05, 0.1) is 0 Å². The molecule has 3 rings (SSSR count). The highest BCUT2D eigenvalue weighted by molar-refractivity contribution is 5.81. The number of carbonyl (C=O) groups is 2. The van der Waals surface area contributed by atoms with Gasteiger partial charge in [-0.05, 0) is 11.5 Å². The average molecular weight is 344 g/mol. The van der Waals surface area contributed by atoms with Crippen molar-refractivity contribution in [1.29, 1.82) is 0 Å². The molecule has 136 valence electrons. The monoisotopic (exact) mass is 344 g/mol. The minimum absolute atomic E-state index is 0.151. The lowest BCUT2D eigenvalue weighted by Crippen LogP contribution is -2.53. The van der Waals surface area contributed by atoms with Gasteiger partial charge < -0.3 is 10.6 Å². The molecular weight excluding hydrogens is 316 g/mol. The maximum atomic E-state index is 12.1. The van der Waals surface area contributed by atoms with Crippen molar-refractivity contribution in [2.45, 2.75) is 25.9 Å². The van der Waals surface area contributed by atoms with Gasteiger partial charge in [0, 0.05) is 52.2 Å². The fourth-order valence-electron chi connectivity index (χ4n) is 4.23. The Morgan fingerprint density at radius 1 is 1.08 bits per heavy atom. The summed E-state index contributed by atoms with van der Waals surface area (Å²) < 4.78 is 0. The van der Waals surface area contributed by atoms with E-state index in [4.69, 9.17) is 5.73 Å². The minimum Gasteiger partial charge on any atom is -0.368 e. The molecule has 1 aromatic rings. The maximum Gasteiger partial charge on any atom is 0.239 e. The minimum atomic E-state index is -0.368. The van der Waals surface area contributed by atoms with Gasteiger partial charge in [-0.25, -0.2) is 0 Å². The number of amides is 2. The van der Waals surface area contributed by atoms with Gasteiger partial charge in [0.15, 0.2) is 0 Å². The summed E-state index contributed by atoms with van der Waals surface area (Å²) >= 11 is 0. The van der Waals surface area contributed by atoms with Crippen molar-refractivity contribution in [3.63, 3.8) is 0 Å². The van der Waals surface area contributed by atoms with Crippen molar-refractivity contribution < 1.29 is 9.59 Å². The molecule has 2 heterocycles. The Morgan fingerprint density at radius 2 is 1.72 bits per heavy atom. The van der Waals surface area contributed by atoms with Crippen LogP contribution in [-0.4, -0.2) is 71.8 Å². The van der Waals surface area contributed by atoms with Crippen LogP contribution in [0.2, 0.25) is 0 Å². The lowest BCUT2D eigenvalue weighted by molar-refractivity contribution is -0.131. The number of benzene rings is 1. The van der Waals surface area contributed by atoms with Crippen molar-refractivity contribution in [3.8, 4) is 0 Å². The van der Waals surface area contributed by atoms with E-state index in [9.17, 15) is 9.59 Å². The molecule has 0 saturated carbocycles. The van der Waals surface area contributed by atoms with E-state index in [0.717, 1.165) is 44.8 Å². The number of hydrogen-bond acceptors (Lipinski definition) is 4. The first-order valence-electron chi connectivity index (χ1n) is 9.05. The third-order valence-electron chi connectivity index (χ3n) is 5.58. The van der Waals surface area contributed by atoms with E-state index in [1.165, 1.54) is 0 Å². The molecule has 2 fully saturated rings. The molecule has 0 radical (unpaired) electrons. The number of nitrogens with two attached hydrogens (primary N) is 1. The van der Waals surface area contributed by atoms with E-state index >= 15 is 0 Å². The normalized spacial score (nSPS) is 26.6. The van der Waals surface area contributed by atoms with Gasteiger partial charge in [0.2, 0.25) is 11.8 Å². The Hall–Kier alpha value is -1.92. The van der Waals surface area contributed by atoms with Crippen molar-refractivity contribution in [2.24, 2.45) is 11.7 Å². The molecule has 0 spiro atoms. The molecule has 6 nitrogen and oxygen atoms in total. The first-order chi connectivity index (χ1) is 12.0. The highest BCUT2D eigenvalue weighted by Gasteiger charge is 2.40. The first-order valence-corrected chi connectivity index (χ1v) is 9.05. The third-order valence-corrected chi connectivity index (χ3v) is 5.58. The second-order valence-electron chi connectivity index (χ2n) is 7.26. The number of carbonyl (C=O) groups excluding carboxylic acids is 2. The van der Waals surface area contributed by atoms with Gasteiger partial charge in [-0.1, -0.05) is 37.3 Å². The summed E-state index contributed by atoms with van der Waals surface area (Å²) in [6.07, 6.45) is 0. The second kappa shape index (κ2) is 7.54. The van der Waals surface area contributed by atoms with Crippen LogP contribution >= 0.6 is 0 Å². The molecule has 0 bridgehead atoms. The predicted octanol–water partition coefficient (Wildman–Crippen LogP) is 0.697. The molecule has 2 amide bonds. The summed E-state index contributed by atoms with van der Waals surface area (Å²) in [5.74, 6) is 0.327. The zero-order valence-corrected chi connectivity index (χ0v) is 15.1. The SMILES string of the molecule is CC(=O)N1CCN([C@@H]2CN([C@@H](C(N)=O)c3ccccc3)C[C@H]2C)CC1. The molecule has 1 aromatic carbocycles. The molecule has 3 atom stereocenters. The molecule has 2 saturated heterocycles. The molecule has 6 heteroatoms. The van der Waals surface area contributed by atoms with E-state index in [2.05, 4.69) is 16.7 Å². The predicted molar refractivity (Wildman–Crippen MR) is 96.7 cm³/mol. The first kappa shape index (κ1) is 17.9. The number of primary amides is 1. The van der Waals surface area contributed by atoms with Gasteiger partial charge in [0.1, 0.15) is 6.04 Å². The lowest BCUT2D eigenvalue weighted by Gasteiger charge is -2.39. The quantitative estimate of drug-likeness (QED) is 0.873. The summed E-state index contributed by atoms with van der Waals surface area (Å²) in [5.41, 5.74) is 6.69. The molecule has 2 aliphatic rings. The van der Waals surface area contributed by atoms with Crippen LogP contribution in [0.3, 0.4) is 0 Å². The van der Waals surface area contributed by atoms with Crippen LogP contribution < -0.4 is 5.73 Å². The number of nitrogens with zero attached hydrogens (tertiary/aromatic N) is 3. The van der Waals surface area contributed by atoms with E-state index in [1.54, 1.807) is 6.92 Å². The van der Waals surface area contributed by atoms with Crippen LogP contribution in [0.15, 0.2) is 30.3 Å². The lowest BCUT2D eigenvalue weighted by atomic mass is 10.0. The number of piperazine rings is 1. The Kier molecular flexibility index (Phi) is 5.39. The van der Waals surface area contributed by atoms with Crippen molar-refractivity contribution in [2.75, 3.05) is 39.3 Å². The highest BCUT2D eigenvalue weighted by atomic mass is 16.2. The van der Waals surface area contributed by atoms with Crippen LogP contribution in [0.4, 0.5) is 0 Å². The van der Waals surface area contributed by atoms with E-state index in [1.807, 2.05) is 35.2 Å². The van der Waals surface area contributed by atoms with Crippen LogP contribution in [0.1, 0.15) is 25.5 Å². The average Bonchev–Trinajstić information content (AvgIpc) is 2.97. The number of likely N-dealkylation sites (tertiary alicyclic amines) is 1. The summed E-state index contributed by atoms with van der Waals surface area (Å²) in [6, 6.07) is 9.82. The third kappa shape index (κ3) is 3.85. The zero-order valence-electron chi connectivity index (χ0n) is 15.1. The van der Waals surface area contributed by atoms with Gasteiger partial charge in [0.25, 0.3) is 0 Å². The summed E-state index contributed by atoms with van der Waals surface area (Å²) in [6.45, 7) is 8.94. The van der Waals surface area contributed by atoms with Crippen LogP contribution in [0, 0.1) is 5.92 Å². The molecular formula is C19H28N4O2.